The molecule has 2 aromatic heterocycles. The summed E-state index contributed by atoms with van der Waals surface area (Å²) in [6.07, 6.45) is 2.37. The molecule has 7 heteroatoms. The Bertz CT molecular complexity index is 667. The van der Waals surface area contributed by atoms with Gasteiger partial charge in [-0.15, -0.1) is 10.2 Å². The first-order valence-corrected chi connectivity index (χ1v) is 7.19. The Labute approximate surface area is 124 Å². The number of hydrogen-bond donors (Lipinski definition) is 1. The summed E-state index contributed by atoms with van der Waals surface area (Å²) < 4.78 is 1.71. The van der Waals surface area contributed by atoms with Crippen LogP contribution in [0.2, 0.25) is 0 Å². The molecule has 0 bridgehead atoms. The molecule has 114 valence electrons. The van der Waals surface area contributed by atoms with Crippen molar-refractivity contribution in [1.82, 2.24) is 24.7 Å². The quantitative estimate of drug-likeness (QED) is 0.873. The van der Waals surface area contributed by atoms with E-state index in [4.69, 9.17) is 0 Å². The summed E-state index contributed by atoms with van der Waals surface area (Å²) in [6, 6.07) is 0. The third kappa shape index (κ3) is 2.47. The molecule has 1 aliphatic heterocycles. The van der Waals surface area contributed by atoms with Crippen molar-refractivity contribution in [3.63, 3.8) is 0 Å². The molecule has 0 spiro atoms. The van der Waals surface area contributed by atoms with Gasteiger partial charge in [0.2, 0.25) is 5.65 Å². The number of nitrogens with zero attached hydrogens (tertiary/aromatic N) is 6. The highest BCUT2D eigenvalue weighted by molar-refractivity contribution is 5.73. The van der Waals surface area contributed by atoms with Gasteiger partial charge in [-0.2, -0.15) is 9.61 Å². The Balaban J connectivity index is 1.98. The van der Waals surface area contributed by atoms with Crippen LogP contribution in [-0.2, 0) is 0 Å². The molecule has 0 saturated carbocycles. The molecule has 0 aliphatic carbocycles. The van der Waals surface area contributed by atoms with E-state index in [1.54, 1.807) is 10.8 Å². The number of hydrogen-bond acceptors (Lipinski definition) is 6. The highest BCUT2D eigenvalue weighted by atomic mass is 16.3. The van der Waals surface area contributed by atoms with Crippen molar-refractivity contribution >= 4 is 11.3 Å². The van der Waals surface area contributed by atoms with Crippen LogP contribution in [0.1, 0.15) is 17.7 Å². The second-order valence-corrected chi connectivity index (χ2v) is 6.29. The van der Waals surface area contributed by atoms with Crippen LogP contribution in [0.4, 0.5) is 5.69 Å². The van der Waals surface area contributed by atoms with Gasteiger partial charge in [-0.1, -0.05) is 0 Å². The van der Waals surface area contributed by atoms with E-state index in [2.05, 4.69) is 27.1 Å². The summed E-state index contributed by atoms with van der Waals surface area (Å²) in [7, 11) is 3.97. The van der Waals surface area contributed by atoms with Gasteiger partial charge in [0.05, 0.1) is 17.0 Å². The maximum Gasteiger partial charge on any atom is 0.201 e. The van der Waals surface area contributed by atoms with Crippen LogP contribution in [0.15, 0.2) is 6.33 Å². The third-order valence-corrected chi connectivity index (χ3v) is 4.16. The molecule has 0 amide bonds. The Morgan fingerprint density at radius 1 is 1.38 bits per heavy atom. The summed E-state index contributed by atoms with van der Waals surface area (Å²) in [4.78, 5) is 4.23. The van der Waals surface area contributed by atoms with E-state index in [0.29, 0.717) is 13.1 Å². The first-order chi connectivity index (χ1) is 9.89. The maximum absolute atomic E-state index is 10.7. The lowest BCUT2D eigenvalue weighted by Crippen LogP contribution is -2.42. The van der Waals surface area contributed by atoms with Gasteiger partial charge >= 0.3 is 0 Å². The monoisotopic (exact) mass is 290 g/mol. The highest BCUT2D eigenvalue weighted by Crippen LogP contribution is 2.32. The average molecular weight is 290 g/mol. The second kappa shape index (κ2) is 4.92. The molecule has 1 unspecified atom stereocenters. The Hall–Kier alpha value is -1.73. The van der Waals surface area contributed by atoms with Gasteiger partial charge < -0.3 is 14.9 Å². The van der Waals surface area contributed by atoms with E-state index in [0.717, 1.165) is 35.6 Å². The molecule has 1 saturated heterocycles. The third-order valence-electron chi connectivity index (χ3n) is 4.16. The Morgan fingerprint density at radius 2 is 2.14 bits per heavy atom. The van der Waals surface area contributed by atoms with Gasteiger partial charge in [-0.3, -0.25) is 0 Å². The molecule has 1 aliphatic rings. The van der Waals surface area contributed by atoms with Gasteiger partial charge in [0.15, 0.2) is 0 Å². The number of aliphatic hydroxyl groups is 1. The molecular formula is C14H22N6O. The number of aromatic nitrogens is 4. The van der Waals surface area contributed by atoms with Gasteiger partial charge in [-0.05, 0) is 39.9 Å². The predicted octanol–water partition coefficient (Wildman–Crippen LogP) is 0.244. The topological polar surface area (TPSA) is 69.8 Å². The van der Waals surface area contributed by atoms with E-state index < -0.39 is 5.60 Å². The normalized spacial score (nSPS) is 22.7. The van der Waals surface area contributed by atoms with Crippen molar-refractivity contribution in [2.45, 2.75) is 25.9 Å². The van der Waals surface area contributed by atoms with Crippen LogP contribution in [0, 0.1) is 13.8 Å². The number of fused-ring (bicyclic) bond motifs is 1. The molecular weight excluding hydrogens is 268 g/mol. The minimum atomic E-state index is -0.676. The van der Waals surface area contributed by atoms with Gasteiger partial charge in [0.1, 0.15) is 6.33 Å². The molecule has 7 nitrogen and oxygen atoms in total. The molecule has 2 aromatic rings. The van der Waals surface area contributed by atoms with E-state index in [1.807, 2.05) is 25.9 Å². The molecule has 1 atom stereocenters. The summed E-state index contributed by atoms with van der Waals surface area (Å²) >= 11 is 0. The summed E-state index contributed by atoms with van der Waals surface area (Å²) in [5.74, 6) is 0. The fraction of sp³-hybridized carbons (Fsp3) is 0.643. The average Bonchev–Trinajstić information content (AvgIpc) is 2.97. The largest absolute Gasteiger partial charge is 0.387 e. The first-order valence-electron chi connectivity index (χ1n) is 7.19. The lowest BCUT2D eigenvalue weighted by atomic mass is 10.0. The Morgan fingerprint density at radius 3 is 2.86 bits per heavy atom. The number of β-amino-alcohol motifs (C(OH)–C–C–N with tert-alkyl or cyclic N) is 1. The first kappa shape index (κ1) is 14.2. The number of anilines is 1. The van der Waals surface area contributed by atoms with Crippen LogP contribution in [0.5, 0.6) is 0 Å². The van der Waals surface area contributed by atoms with Crippen molar-refractivity contribution in [1.29, 1.82) is 0 Å². The smallest absolute Gasteiger partial charge is 0.201 e. The highest BCUT2D eigenvalue weighted by Gasteiger charge is 2.38. The summed E-state index contributed by atoms with van der Waals surface area (Å²) in [5.41, 5.74) is 3.18. The minimum Gasteiger partial charge on any atom is -0.387 e. The van der Waals surface area contributed by atoms with Gasteiger partial charge in [-0.25, -0.2) is 0 Å². The second-order valence-electron chi connectivity index (χ2n) is 6.29. The maximum atomic E-state index is 10.7. The lowest BCUT2D eigenvalue weighted by molar-refractivity contribution is 0.0366. The molecule has 3 heterocycles. The van der Waals surface area contributed by atoms with Crippen molar-refractivity contribution in [2.75, 3.05) is 38.6 Å². The predicted molar refractivity (Wildman–Crippen MR) is 80.6 cm³/mol. The summed E-state index contributed by atoms with van der Waals surface area (Å²) in [6.45, 7) is 6.13. The molecule has 0 radical (unpaired) electrons. The Kier molecular flexibility index (Phi) is 3.33. The van der Waals surface area contributed by atoms with Crippen molar-refractivity contribution < 1.29 is 5.11 Å². The molecule has 1 N–H and O–H groups in total. The van der Waals surface area contributed by atoms with E-state index in [-0.39, 0.29) is 0 Å². The van der Waals surface area contributed by atoms with Crippen LogP contribution in [0.25, 0.3) is 5.65 Å². The molecule has 1 fully saturated rings. The van der Waals surface area contributed by atoms with Gasteiger partial charge in [0, 0.05) is 19.6 Å². The van der Waals surface area contributed by atoms with E-state index >= 15 is 0 Å². The summed E-state index contributed by atoms with van der Waals surface area (Å²) in [5, 5.41) is 23.3. The zero-order valence-corrected chi connectivity index (χ0v) is 13.0. The number of aryl methyl sites for hydroxylation is 1. The SMILES string of the molecule is Cc1nn2cnnc2c(N2CCC(O)(CN(C)C)C2)c1C. The van der Waals surface area contributed by atoms with Gasteiger partial charge in [0.25, 0.3) is 0 Å². The fourth-order valence-corrected chi connectivity index (χ4v) is 3.18. The zero-order chi connectivity index (χ0) is 15.2. The lowest BCUT2D eigenvalue weighted by Gasteiger charge is -2.28. The molecule has 3 rings (SSSR count). The number of rotatable bonds is 3. The standard InChI is InChI=1S/C14H22N6O/c1-10-11(2)17-20-9-15-16-13(20)12(10)19-6-5-14(21,8-19)7-18(3)4/h9,21H,5-8H2,1-4H3. The fourth-order valence-electron chi connectivity index (χ4n) is 3.18. The minimum absolute atomic E-state index is 0.609. The van der Waals surface area contributed by atoms with Crippen molar-refractivity contribution in [3.05, 3.63) is 17.6 Å². The van der Waals surface area contributed by atoms with E-state index in [9.17, 15) is 5.11 Å². The molecule has 21 heavy (non-hydrogen) atoms. The van der Waals surface area contributed by atoms with Crippen LogP contribution in [0.3, 0.4) is 0 Å². The van der Waals surface area contributed by atoms with Crippen LogP contribution < -0.4 is 4.90 Å². The van der Waals surface area contributed by atoms with Crippen molar-refractivity contribution in [2.24, 2.45) is 0 Å². The molecule has 0 aromatic carbocycles. The van der Waals surface area contributed by atoms with Crippen molar-refractivity contribution in [3.8, 4) is 0 Å². The number of likely N-dealkylation sites (N-methyl/N-ethyl adjacent to an activating group) is 1. The van der Waals surface area contributed by atoms with Crippen LogP contribution >= 0.6 is 0 Å². The zero-order valence-electron chi connectivity index (χ0n) is 13.0. The van der Waals surface area contributed by atoms with Crippen LogP contribution in [-0.4, -0.2) is 69.1 Å². The van der Waals surface area contributed by atoms with E-state index in [1.165, 1.54) is 0 Å².